The average Bonchev–Trinajstić information content (AvgIpc) is 2.84. The Morgan fingerprint density at radius 1 is 0.970 bits per heavy atom. The summed E-state index contributed by atoms with van der Waals surface area (Å²) in [6, 6.07) is 25.2. The molecule has 0 atom stereocenters. The predicted molar refractivity (Wildman–Crippen MR) is 129 cm³/mol. The number of carbonyl (C=O) groups is 2. The van der Waals surface area contributed by atoms with Crippen molar-refractivity contribution >= 4 is 35.2 Å². The van der Waals surface area contributed by atoms with Crippen molar-refractivity contribution in [1.29, 1.82) is 5.26 Å². The molecule has 2 N–H and O–H groups in total. The molecule has 33 heavy (non-hydrogen) atoms. The normalized spacial score (nSPS) is 10.7. The van der Waals surface area contributed by atoms with E-state index in [0.717, 1.165) is 12.0 Å². The number of benzene rings is 3. The quantitative estimate of drug-likeness (QED) is 0.360. The molecule has 7 heteroatoms. The van der Waals surface area contributed by atoms with Gasteiger partial charge in [0, 0.05) is 17.3 Å². The molecule has 3 aromatic carbocycles. The fourth-order valence-corrected chi connectivity index (χ4v) is 3.02. The van der Waals surface area contributed by atoms with Crippen LogP contribution in [0.15, 0.2) is 84.4 Å². The molecule has 0 unspecified atom stereocenters. The minimum Gasteiger partial charge on any atom is -0.484 e. The maximum absolute atomic E-state index is 12.4. The van der Waals surface area contributed by atoms with Gasteiger partial charge < -0.3 is 15.4 Å². The predicted octanol–water partition coefficient (Wildman–Crippen LogP) is 4.62. The van der Waals surface area contributed by atoms with Crippen molar-refractivity contribution in [2.45, 2.75) is 6.42 Å². The van der Waals surface area contributed by atoms with E-state index in [1.807, 2.05) is 36.4 Å². The first-order valence-electron chi connectivity index (χ1n) is 10.3. The van der Waals surface area contributed by atoms with Crippen LogP contribution in [0.3, 0.4) is 0 Å². The van der Waals surface area contributed by atoms with Gasteiger partial charge in [-0.15, -0.1) is 0 Å². The highest BCUT2D eigenvalue weighted by atomic mass is 35.5. The fourth-order valence-electron chi connectivity index (χ4n) is 2.90. The van der Waals surface area contributed by atoms with Crippen molar-refractivity contribution < 1.29 is 14.3 Å². The van der Waals surface area contributed by atoms with Crippen LogP contribution in [0.25, 0.3) is 6.08 Å². The Morgan fingerprint density at radius 3 is 2.33 bits per heavy atom. The fraction of sp³-hybridized carbons (Fsp3) is 0.115. The van der Waals surface area contributed by atoms with Gasteiger partial charge in [0.25, 0.3) is 11.8 Å². The molecule has 0 radical (unpaired) electrons. The molecule has 3 aromatic rings. The van der Waals surface area contributed by atoms with Gasteiger partial charge in [-0.2, -0.15) is 5.26 Å². The van der Waals surface area contributed by atoms with Gasteiger partial charge in [0.15, 0.2) is 6.61 Å². The van der Waals surface area contributed by atoms with Gasteiger partial charge in [0.2, 0.25) is 0 Å². The number of nitrogens with zero attached hydrogens (tertiary/aromatic N) is 1. The summed E-state index contributed by atoms with van der Waals surface area (Å²) in [4.78, 5) is 24.3. The SMILES string of the molecule is N#C/C(=C\c1ccc(OCC(=O)NCCc2ccccc2)cc1)C(=O)Nc1ccc(Cl)cc1. The topological polar surface area (TPSA) is 91.2 Å². The highest BCUT2D eigenvalue weighted by Crippen LogP contribution is 2.17. The van der Waals surface area contributed by atoms with Gasteiger partial charge in [0.1, 0.15) is 17.4 Å². The summed E-state index contributed by atoms with van der Waals surface area (Å²) in [5.41, 5.74) is 2.30. The Morgan fingerprint density at radius 2 is 1.67 bits per heavy atom. The minimum atomic E-state index is -0.521. The first kappa shape index (κ1) is 23.6. The van der Waals surface area contributed by atoms with E-state index in [1.54, 1.807) is 48.5 Å². The maximum atomic E-state index is 12.4. The average molecular weight is 460 g/mol. The van der Waals surface area contributed by atoms with Crippen LogP contribution in [-0.2, 0) is 16.0 Å². The van der Waals surface area contributed by atoms with E-state index >= 15 is 0 Å². The summed E-state index contributed by atoms with van der Waals surface area (Å²) in [6.07, 6.45) is 2.23. The molecule has 0 aliphatic carbocycles. The lowest BCUT2D eigenvalue weighted by molar-refractivity contribution is -0.123. The zero-order chi connectivity index (χ0) is 23.5. The zero-order valence-electron chi connectivity index (χ0n) is 17.8. The number of amides is 2. The van der Waals surface area contributed by atoms with Crippen LogP contribution < -0.4 is 15.4 Å². The van der Waals surface area contributed by atoms with Crippen LogP contribution in [0.5, 0.6) is 5.75 Å². The molecule has 0 saturated heterocycles. The third-order valence-corrected chi connectivity index (χ3v) is 4.86. The number of hydrogen-bond donors (Lipinski definition) is 2. The first-order chi connectivity index (χ1) is 16.0. The summed E-state index contributed by atoms with van der Waals surface area (Å²) in [5, 5.41) is 15.4. The lowest BCUT2D eigenvalue weighted by Gasteiger charge is -2.08. The van der Waals surface area contributed by atoms with Crippen LogP contribution in [0.4, 0.5) is 5.69 Å². The van der Waals surface area contributed by atoms with E-state index in [-0.39, 0.29) is 18.1 Å². The smallest absolute Gasteiger partial charge is 0.266 e. The van der Waals surface area contributed by atoms with Gasteiger partial charge >= 0.3 is 0 Å². The molecular formula is C26H22ClN3O3. The van der Waals surface area contributed by atoms with Crippen LogP contribution in [0.1, 0.15) is 11.1 Å². The van der Waals surface area contributed by atoms with E-state index in [9.17, 15) is 14.9 Å². The largest absolute Gasteiger partial charge is 0.484 e. The molecule has 0 aromatic heterocycles. The molecule has 0 heterocycles. The monoisotopic (exact) mass is 459 g/mol. The number of carbonyl (C=O) groups excluding carboxylic acids is 2. The summed E-state index contributed by atoms with van der Waals surface area (Å²) >= 11 is 5.83. The van der Waals surface area contributed by atoms with Crippen molar-refractivity contribution in [3.05, 3.63) is 101 Å². The molecule has 3 rings (SSSR count). The molecule has 0 aliphatic heterocycles. The highest BCUT2D eigenvalue weighted by Gasteiger charge is 2.10. The second-order valence-electron chi connectivity index (χ2n) is 7.07. The maximum Gasteiger partial charge on any atom is 0.266 e. The van der Waals surface area contributed by atoms with Crippen molar-refractivity contribution in [2.24, 2.45) is 0 Å². The van der Waals surface area contributed by atoms with Crippen LogP contribution in [0, 0.1) is 11.3 Å². The Kier molecular flexibility index (Phi) is 8.63. The van der Waals surface area contributed by atoms with Crippen LogP contribution >= 0.6 is 11.6 Å². The van der Waals surface area contributed by atoms with Crippen LogP contribution in [0.2, 0.25) is 5.02 Å². The van der Waals surface area contributed by atoms with Gasteiger partial charge in [-0.1, -0.05) is 54.1 Å². The Hall–Kier alpha value is -4.08. The summed E-state index contributed by atoms with van der Waals surface area (Å²) < 4.78 is 5.51. The number of ether oxygens (including phenoxy) is 1. The molecule has 0 bridgehead atoms. The van der Waals surface area contributed by atoms with E-state index in [0.29, 0.717) is 28.6 Å². The highest BCUT2D eigenvalue weighted by molar-refractivity contribution is 6.30. The van der Waals surface area contributed by atoms with Gasteiger partial charge in [0.05, 0.1) is 0 Å². The summed E-state index contributed by atoms with van der Waals surface area (Å²) in [6.45, 7) is 0.432. The van der Waals surface area contributed by atoms with E-state index in [4.69, 9.17) is 16.3 Å². The zero-order valence-corrected chi connectivity index (χ0v) is 18.5. The van der Waals surface area contributed by atoms with Crippen molar-refractivity contribution in [1.82, 2.24) is 5.32 Å². The van der Waals surface area contributed by atoms with E-state index in [2.05, 4.69) is 10.6 Å². The summed E-state index contributed by atoms with van der Waals surface area (Å²) in [7, 11) is 0. The number of nitriles is 1. The number of anilines is 1. The molecular weight excluding hydrogens is 438 g/mol. The molecule has 0 aliphatic rings. The van der Waals surface area contributed by atoms with Crippen molar-refractivity contribution in [3.63, 3.8) is 0 Å². The first-order valence-corrected chi connectivity index (χ1v) is 10.6. The third-order valence-electron chi connectivity index (χ3n) is 4.61. The standard InChI is InChI=1S/C26H22ClN3O3/c27-22-8-10-23(11-9-22)30-26(32)21(17-28)16-20-6-12-24(13-7-20)33-18-25(31)29-15-14-19-4-2-1-3-5-19/h1-13,16H,14-15,18H2,(H,29,31)(H,30,32)/b21-16+. The van der Waals surface area contributed by atoms with Gasteiger partial charge in [-0.25, -0.2) is 0 Å². The number of halogens is 1. The molecule has 166 valence electrons. The van der Waals surface area contributed by atoms with Gasteiger partial charge in [-0.05, 0) is 60.0 Å². The summed E-state index contributed by atoms with van der Waals surface area (Å²) in [5.74, 6) is -0.220. The Labute approximate surface area is 197 Å². The second kappa shape index (κ2) is 12.1. The third kappa shape index (κ3) is 7.84. The second-order valence-corrected chi connectivity index (χ2v) is 7.51. The minimum absolute atomic E-state index is 0.0450. The van der Waals surface area contributed by atoms with Crippen molar-refractivity contribution in [3.8, 4) is 11.8 Å². The number of hydrogen-bond acceptors (Lipinski definition) is 4. The molecule has 0 fully saturated rings. The van der Waals surface area contributed by atoms with E-state index in [1.165, 1.54) is 6.08 Å². The van der Waals surface area contributed by atoms with E-state index < -0.39 is 5.91 Å². The lowest BCUT2D eigenvalue weighted by atomic mass is 10.1. The Balaban J connectivity index is 1.48. The molecule has 0 spiro atoms. The lowest BCUT2D eigenvalue weighted by Crippen LogP contribution is -2.30. The number of nitrogens with one attached hydrogen (secondary N) is 2. The van der Waals surface area contributed by atoms with Crippen molar-refractivity contribution in [2.75, 3.05) is 18.5 Å². The van der Waals surface area contributed by atoms with Gasteiger partial charge in [-0.3, -0.25) is 9.59 Å². The number of rotatable bonds is 9. The molecule has 6 nitrogen and oxygen atoms in total. The molecule has 2 amide bonds. The van der Waals surface area contributed by atoms with Crippen LogP contribution in [-0.4, -0.2) is 25.0 Å². The Bertz CT molecular complexity index is 1150. The molecule has 0 saturated carbocycles.